The monoisotopic (exact) mass is 434 g/mol. The number of methoxy groups -OCH3 is 3. The molecular formula is C21H27BrN2O3. The van der Waals surface area contributed by atoms with Gasteiger partial charge in [-0.05, 0) is 48.4 Å². The van der Waals surface area contributed by atoms with E-state index in [0.717, 1.165) is 42.6 Å². The molecule has 3 rings (SSSR count). The molecule has 1 aliphatic heterocycles. The minimum atomic E-state index is 0.108. The number of hydrogen-bond acceptors (Lipinski definition) is 5. The number of benzene rings is 2. The molecule has 2 aromatic carbocycles. The van der Waals surface area contributed by atoms with Gasteiger partial charge >= 0.3 is 0 Å². The van der Waals surface area contributed by atoms with Gasteiger partial charge in [0.05, 0.1) is 27.4 Å². The van der Waals surface area contributed by atoms with Crippen LogP contribution in [0.2, 0.25) is 0 Å². The number of halogens is 1. The quantitative estimate of drug-likeness (QED) is 0.747. The lowest BCUT2D eigenvalue weighted by Crippen LogP contribution is -2.33. The zero-order valence-corrected chi connectivity index (χ0v) is 17.7. The Balaban J connectivity index is 2.12. The van der Waals surface area contributed by atoms with Crippen LogP contribution in [0.5, 0.6) is 17.2 Å². The van der Waals surface area contributed by atoms with Gasteiger partial charge in [-0.2, -0.15) is 0 Å². The van der Waals surface area contributed by atoms with Crippen LogP contribution in [0.25, 0.3) is 0 Å². The van der Waals surface area contributed by atoms with E-state index in [0.29, 0.717) is 17.2 Å². The third kappa shape index (κ3) is 4.57. The summed E-state index contributed by atoms with van der Waals surface area (Å²) in [4.78, 5) is 2.52. The topological polar surface area (TPSA) is 43.0 Å². The van der Waals surface area contributed by atoms with Gasteiger partial charge in [0.25, 0.3) is 0 Å². The lowest BCUT2D eigenvalue weighted by Gasteiger charge is -2.32. The minimum absolute atomic E-state index is 0.108. The van der Waals surface area contributed by atoms with E-state index in [1.807, 2.05) is 0 Å². The maximum Gasteiger partial charge on any atom is 0.203 e. The highest BCUT2D eigenvalue weighted by atomic mass is 79.9. The molecule has 1 atom stereocenters. The largest absolute Gasteiger partial charge is 0.493 e. The number of rotatable bonds is 6. The summed E-state index contributed by atoms with van der Waals surface area (Å²) < 4.78 is 17.8. The van der Waals surface area contributed by atoms with Gasteiger partial charge < -0.3 is 19.5 Å². The predicted octanol–water partition coefficient (Wildman–Crippen LogP) is 3.86. The molecule has 0 amide bonds. The summed E-state index contributed by atoms with van der Waals surface area (Å²) in [5, 5.41) is 3.49. The molecule has 146 valence electrons. The molecule has 6 heteroatoms. The fourth-order valence-electron chi connectivity index (χ4n) is 3.67. The second-order valence-corrected chi connectivity index (χ2v) is 7.47. The molecule has 1 unspecified atom stereocenters. The normalized spacial score (nSPS) is 16.4. The van der Waals surface area contributed by atoms with E-state index < -0.39 is 0 Å². The van der Waals surface area contributed by atoms with E-state index in [4.69, 9.17) is 14.2 Å². The smallest absolute Gasteiger partial charge is 0.203 e. The van der Waals surface area contributed by atoms with Crippen molar-refractivity contribution in [2.45, 2.75) is 12.5 Å². The Morgan fingerprint density at radius 2 is 1.67 bits per heavy atom. The lowest BCUT2D eigenvalue weighted by molar-refractivity contribution is 0.239. The fraction of sp³-hybridized carbons (Fsp3) is 0.429. The molecule has 1 N–H and O–H groups in total. The van der Waals surface area contributed by atoms with E-state index in [9.17, 15) is 0 Å². The first-order valence-corrected chi connectivity index (χ1v) is 9.97. The van der Waals surface area contributed by atoms with Gasteiger partial charge in [0.1, 0.15) is 0 Å². The van der Waals surface area contributed by atoms with Crippen molar-refractivity contribution < 1.29 is 14.2 Å². The first kappa shape index (κ1) is 20.0. The van der Waals surface area contributed by atoms with Gasteiger partial charge in [0.2, 0.25) is 5.75 Å². The minimum Gasteiger partial charge on any atom is -0.493 e. The summed E-state index contributed by atoms with van der Waals surface area (Å²) in [5.41, 5.74) is 2.37. The molecule has 5 nitrogen and oxygen atoms in total. The Hall–Kier alpha value is -1.76. The summed E-state index contributed by atoms with van der Waals surface area (Å²) in [5.74, 6) is 1.98. The van der Waals surface area contributed by atoms with Gasteiger partial charge in [-0.15, -0.1) is 0 Å². The summed E-state index contributed by atoms with van der Waals surface area (Å²) in [6.07, 6.45) is 1.12. The molecule has 1 aliphatic rings. The molecule has 27 heavy (non-hydrogen) atoms. The Labute approximate surface area is 169 Å². The third-order valence-corrected chi connectivity index (χ3v) is 5.40. The Morgan fingerprint density at radius 1 is 0.926 bits per heavy atom. The number of nitrogens with one attached hydrogen (secondary N) is 1. The standard InChI is InChI=1S/C21H27BrN2O3/c1-25-18-13-16(14-19(26-2)21(18)27-3)20(15-6-4-7-17(22)12-15)24-10-5-8-23-9-11-24/h4,6-7,12-14,20,23H,5,8-11H2,1-3H3. The van der Waals surface area contributed by atoms with E-state index in [1.54, 1.807) is 21.3 Å². The average molecular weight is 435 g/mol. The zero-order chi connectivity index (χ0) is 19.2. The lowest BCUT2D eigenvalue weighted by atomic mass is 9.96. The zero-order valence-electron chi connectivity index (χ0n) is 16.1. The highest BCUT2D eigenvalue weighted by Gasteiger charge is 2.26. The average Bonchev–Trinajstić information content (AvgIpc) is 2.96. The molecule has 2 aromatic rings. The van der Waals surface area contributed by atoms with Crippen molar-refractivity contribution in [3.05, 3.63) is 52.0 Å². The van der Waals surface area contributed by atoms with Crippen molar-refractivity contribution in [3.63, 3.8) is 0 Å². The molecular weight excluding hydrogens is 408 g/mol. The summed E-state index contributed by atoms with van der Waals surface area (Å²) in [7, 11) is 4.95. The van der Waals surface area contributed by atoms with Crippen LogP contribution >= 0.6 is 15.9 Å². The van der Waals surface area contributed by atoms with Crippen molar-refractivity contribution >= 4 is 15.9 Å². The first-order chi connectivity index (χ1) is 13.2. The van der Waals surface area contributed by atoms with Crippen LogP contribution in [0.15, 0.2) is 40.9 Å². The molecule has 0 radical (unpaired) electrons. The number of nitrogens with zero attached hydrogens (tertiary/aromatic N) is 1. The predicted molar refractivity (Wildman–Crippen MR) is 111 cm³/mol. The molecule has 1 saturated heterocycles. The Kier molecular flexibility index (Phi) is 6.99. The van der Waals surface area contributed by atoms with Crippen molar-refractivity contribution in [2.24, 2.45) is 0 Å². The summed E-state index contributed by atoms with van der Waals surface area (Å²) >= 11 is 3.62. The fourth-order valence-corrected chi connectivity index (χ4v) is 4.09. The SMILES string of the molecule is COc1cc(C(c2cccc(Br)c2)N2CCCNCC2)cc(OC)c1OC. The highest BCUT2D eigenvalue weighted by molar-refractivity contribution is 9.10. The second-order valence-electron chi connectivity index (χ2n) is 6.56. The second kappa shape index (κ2) is 9.44. The van der Waals surface area contributed by atoms with Crippen LogP contribution in [-0.2, 0) is 0 Å². The molecule has 0 bridgehead atoms. The third-order valence-electron chi connectivity index (χ3n) is 4.91. The van der Waals surface area contributed by atoms with E-state index in [-0.39, 0.29) is 6.04 Å². The number of hydrogen-bond donors (Lipinski definition) is 1. The van der Waals surface area contributed by atoms with Gasteiger partial charge in [-0.1, -0.05) is 28.1 Å². The maximum absolute atomic E-state index is 5.60. The van der Waals surface area contributed by atoms with Crippen LogP contribution in [0.1, 0.15) is 23.6 Å². The maximum atomic E-state index is 5.60. The summed E-state index contributed by atoms with van der Waals surface area (Å²) in [6.45, 7) is 4.04. The van der Waals surface area contributed by atoms with Gasteiger partial charge in [-0.25, -0.2) is 0 Å². The Bertz CT molecular complexity index is 736. The van der Waals surface area contributed by atoms with Crippen LogP contribution in [0.3, 0.4) is 0 Å². The van der Waals surface area contributed by atoms with Crippen molar-refractivity contribution in [3.8, 4) is 17.2 Å². The molecule has 0 spiro atoms. The number of ether oxygens (including phenoxy) is 3. The van der Waals surface area contributed by atoms with Crippen LogP contribution in [0.4, 0.5) is 0 Å². The molecule has 1 heterocycles. The van der Waals surface area contributed by atoms with E-state index >= 15 is 0 Å². The van der Waals surface area contributed by atoms with Crippen LogP contribution in [-0.4, -0.2) is 52.4 Å². The van der Waals surface area contributed by atoms with Crippen LogP contribution in [0, 0.1) is 0 Å². The highest BCUT2D eigenvalue weighted by Crippen LogP contribution is 2.42. The van der Waals surface area contributed by atoms with Crippen molar-refractivity contribution in [1.82, 2.24) is 10.2 Å². The molecule has 0 aromatic heterocycles. The molecule has 0 saturated carbocycles. The first-order valence-electron chi connectivity index (χ1n) is 9.18. The van der Waals surface area contributed by atoms with Gasteiger partial charge in [-0.3, -0.25) is 4.90 Å². The van der Waals surface area contributed by atoms with Gasteiger partial charge in [0, 0.05) is 24.1 Å². The molecule has 0 aliphatic carbocycles. The van der Waals surface area contributed by atoms with Crippen LogP contribution < -0.4 is 19.5 Å². The summed E-state index contributed by atoms with van der Waals surface area (Å²) in [6, 6.07) is 12.7. The van der Waals surface area contributed by atoms with Gasteiger partial charge in [0.15, 0.2) is 11.5 Å². The Morgan fingerprint density at radius 3 is 2.30 bits per heavy atom. The van der Waals surface area contributed by atoms with E-state index in [1.165, 1.54) is 5.56 Å². The molecule has 1 fully saturated rings. The van der Waals surface area contributed by atoms with E-state index in [2.05, 4.69) is 62.5 Å². The van der Waals surface area contributed by atoms with Crippen molar-refractivity contribution in [2.75, 3.05) is 47.5 Å². The van der Waals surface area contributed by atoms with Crippen molar-refractivity contribution in [1.29, 1.82) is 0 Å².